The lowest BCUT2D eigenvalue weighted by Crippen LogP contribution is -2.45. The second-order valence-electron chi connectivity index (χ2n) is 7.17. The fourth-order valence-electron chi connectivity index (χ4n) is 3.61. The van der Waals surface area contributed by atoms with Crippen molar-refractivity contribution in [2.45, 2.75) is 12.1 Å². The number of anilines is 2. The number of nitrogens with one attached hydrogen (secondary N) is 2. The van der Waals surface area contributed by atoms with Crippen molar-refractivity contribution in [1.29, 1.82) is 0 Å². The standard InChI is InChI=1S/C21H20F4N2O4/c1-26-13-5-2-11(3-6-13)14-9-31-10-15(18(14)20(29)30)19(28)27-17-7-4-12(8-16(17)22)21(23,24)25/h2-8,14-15,18,26H,9-10H2,1H3,(H,27,28)(H,29,30)/t14-,15-,18-/m0/s1. The molecule has 1 amide bonds. The van der Waals surface area contributed by atoms with Gasteiger partial charge in [-0.1, -0.05) is 12.1 Å². The molecule has 10 heteroatoms. The molecule has 3 N–H and O–H groups in total. The van der Waals surface area contributed by atoms with Gasteiger partial charge in [-0.05, 0) is 35.9 Å². The van der Waals surface area contributed by atoms with Gasteiger partial charge < -0.3 is 20.5 Å². The third kappa shape index (κ3) is 4.96. The first-order valence-corrected chi connectivity index (χ1v) is 9.37. The van der Waals surface area contributed by atoms with Crippen molar-refractivity contribution in [3.05, 3.63) is 59.4 Å². The molecule has 3 rings (SSSR count). The van der Waals surface area contributed by atoms with Crippen molar-refractivity contribution in [1.82, 2.24) is 0 Å². The van der Waals surface area contributed by atoms with E-state index in [9.17, 15) is 32.3 Å². The number of carboxylic acids is 1. The summed E-state index contributed by atoms with van der Waals surface area (Å²) >= 11 is 0. The number of carbonyl (C=O) groups excluding carboxylic acids is 1. The van der Waals surface area contributed by atoms with Crippen molar-refractivity contribution in [3.8, 4) is 0 Å². The van der Waals surface area contributed by atoms with Gasteiger partial charge in [0.1, 0.15) is 5.82 Å². The van der Waals surface area contributed by atoms with Crippen molar-refractivity contribution in [2.24, 2.45) is 11.8 Å². The van der Waals surface area contributed by atoms with Crippen LogP contribution < -0.4 is 10.6 Å². The maximum Gasteiger partial charge on any atom is 0.416 e. The molecule has 0 bridgehead atoms. The highest BCUT2D eigenvalue weighted by Crippen LogP contribution is 2.37. The lowest BCUT2D eigenvalue weighted by atomic mass is 9.76. The normalized spacial score (nSPS) is 21.4. The van der Waals surface area contributed by atoms with Crippen LogP contribution in [0, 0.1) is 17.7 Å². The van der Waals surface area contributed by atoms with Gasteiger partial charge in [0, 0.05) is 18.7 Å². The van der Waals surface area contributed by atoms with Crippen molar-refractivity contribution in [3.63, 3.8) is 0 Å². The van der Waals surface area contributed by atoms with E-state index in [1.165, 1.54) is 0 Å². The summed E-state index contributed by atoms with van der Waals surface area (Å²) < 4.78 is 57.7. The highest BCUT2D eigenvalue weighted by molar-refractivity contribution is 5.95. The lowest BCUT2D eigenvalue weighted by Gasteiger charge is -2.35. The number of carbonyl (C=O) groups is 2. The molecule has 0 unspecified atom stereocenters. The van der Waals surface area contributed by atoms with Crippen molar-refractivity contribution in [2.75, 3.05) is 30.9 Å². The Bertz CT molecular complexity index is 963. The van der Waals surface area contributed by atoms with Gasteiger partial charge in [-0.2, -0.15) is 13.2 Å². The third-order valence-electron chi connectivity index (χ3n) is 5.27. The molecule has 0 aliphatic carbocycles. The average Bonchev–Trinajstić information content (AvgIpc) is 2.73. The van der Waals surface area contributed by atoms with Crippen LogP contribution in [-0.2, 0) is 20.5 Å². The zero-order valence-electron chi connectivity index (χ0n) is 16.4. The molecule has 6 nitrogen and oxygen atoms in total. The molecule has 2 aromatic carbocycles. The fraction of sp³-hybridized carbons (Fsp3) is 0.333. The number of benzene rings is 2. The van der Waals surface area contributed by atoms with Crippen LogP contribution in [0.1, 0.15) is 17.0 Å². The Morgan fingerprint density at radius 1 is 1.10 bits per heavy atom. The number of alkyl halides is 3. The lowest BCUT2D eigenvalue weighted by molar-refractivity contribution is -0.154. The zero-order chi connectivity index (χ0) is 22.8. The number of hydrogen-bond donors (Lipinski definition) is 3. The molecule has 1 fully saturated rings. The predicted octanol–water partition coefficient (Wildman–Crippen LogP) is 3.96. The summed E-state index contributed by atoms with van der Waals surface area (Å²) in [5, 5.41) is 14.9. The molecule has 31 heavy (non-hydrogen) atoms. The maximum atomic E-state index is 14.1. The quantitative estimate of drug-likeness (QED) is 0.613. The minimum atomic E-state index is -4.73. The van der Waals surface area contributed by atoms with E-state index in [2.05, 4.69) is 10.6 Å². The zero-order valence-corrected chi connectivity index (χ0v) is 16.4. The number of aliphatic carboxylic acids is 1. The van der Waals surface area contributed by atoms with Gasteiger partial charge in [0.15, 0.2) is 0 Å². The van der Waals surface area contributed by atoms with Crippen LogP contribution in [0.25, 0.3) is 0 Å². The summed E-state index contributed by atoms with van der Waals surface area (Å²) in [6.45, 7) is -0.134. The predicted molar refractivity (Wildman–Crippen MR) is 104 cm³/mol. The number of halogens is 4. The first-order valence-electron chi connectivity index (χ1n) is 9.37. The van der Waals surface area contributed by atoms with E-state index < -0.39 is 52.9 Å². The Kier molecular flexibility index (Phi) is 6.49. The van der Waals surface area contributed by atoms with E-state index >= 15 is 0 Å². The largest absolute Gasteiger partial charge is 0.481 e. The number of ether oxygens (including phenoxy) is 1. The molecule has 2 aromatic rings. The van der Waals surface area contributed by atoms with Gasteiger partial charge in [0.05, 0.1) is 36.3 Å². The van der Waals surface area contributed by atoms with Crippen LogP contribution in [0.3, 0.4) is 0 Å². The van der Waals surface area contributed by atoms with Gasteiger partial charge in [-0.25, -0.2) is 4.39 Å². The molecular formula is C21H20F4N2O4. The molecule has 1 aliphatic rings. The fourth-order valence-corrected chi connectivity index (χ4v) is 3.61. The Labute approximate surface area is 175 Å². The van der Waals surface area contributed by atoms with Gasteiger partial charge in [0.25, 0.3) is 0 Å². The summed E-state index contributed by atoms with van der Waals surface area (Å²) in [7, 11) is 1.74. The summed E-state index contributed by atoms with van der Waals surface area (Å²) in [5.74, 6) is -6.30. The van der Waals surface area contributed by atoms with Crippen LogP contribution in [0.4, 0.5) is 28.9 Å². The Morgan fingerprint density at radius 2 is 1.77 bits per heavy atom. The number of rotatable bonds is 5. The summed E-state index contributed by atoms with van der Waals surface area (Å²) in [6.07, 6.45) is -4.73. The van der Waals surface area contributed by atoms with E-state index in [1.807, 2.05) is 0 Å². The molecule has 166 valence electrons. The Hall–Kier alpha value is -3.14. The molecule has 1 aliphatic heterocycles. The minimum absolute atomic E-state index is 0.0777. The average molecular weight is 440 g/mol. The van der Waals surface area contributed by atoms with Gasteiger partial charge >= 0.3 is 12.1 Å². The van der Waals surface area contributed by atoms with Crippen molar-refractivity contribution >= 4 is 23.3 Å². The molecule has 0 saturated carbocycles. The molecule has 1 saturated heterocycles. The second kappa shape index (κ2) is 8.93. The Morgan fingerprint density at radius 3 is 2.32 bits per heavy atom. The first-order chi connectivity index (χ1) is 14.6. The first kappa shape index (κ1) is 22.5. The van der Waals surface area contributed by atoms with E-state index in [0.717, 1.165) is 11.8 Å². The van der Waals surface area contributed by atoms with E-state index in [1.54, 1.807) is 31.3 Å². The molecule has 0 spiro atoms. The number of amides is 1. The second-order valence-corrected chi connectivity index (χ2v) is 7.17. The van der Waals surface area contributed by atoms with E-state index in [4.69, 9.17) is 4.74 Å². The summed E-state index contributed by atoms with van der Waals surface area (Å²) in [5.41, 5.74) is -0.191. The van der Waals surface area contributed by atoms with E-state index in [-0.39, 0.29) is 19.3 Å². The highest BCUT2D eigenvalue weighted by Gasteiger charge is 2.44. The van der Waals surface area contributed by atoms with Crippen LogP contribution in [0.2, 0.25) is 0 Å². The highest BCUT2D eigenvalue weighted by atomic mass is 19.4. The maximum absolute atomic E-state index is 14.1. The third-order valence-corrected chi connectivity index (χ3v) is 5.27. The van der Waals surface area contributed by atoms with Gasteiger partial charge in [-0.3, -0.25) is 9.59 Å². The minimum Gasteiger partial charge on any atom is -0.481 e. The monoisotopic (exact) mass is 440 g/mol. The topological polar surface area (TPSA) is 87.7 Å². The van der Waals surface area contributed by atoms with E-state index in [0.29, 0.717) is 11.6 Å². The van der Waals surface area contributed by atoms with Crippen molar-refractivity contribution < 1.29 is 37.0 Å². The summed E-state index contributed by atoms with van der Waals surface area (Å²) in [6, 6.07) is 8.68. The van der Waals surface area contributed by atoms with Crippen LogP contribution in [0.15, 0.2) is 42.5 Å². The van der Waals surface area contributed by atoms with Crippen LogP contribution in [0.5, 0.6) is 0 Å². The molecule has 0 aromatic heterocycles. The van der Waals surface area contributed by atoms with Gasteiger partial charge in [-0.15, -0.1) is 0 Å². The SMILES string of the molecule is CNc1ccc([C@@H]2COC[C@H](C(=O)Nc3ccc(C(F)(F)F)cc3F)[C@H]2C(=O)O)cc1. The molecule has 1 heterocycles. The van der Waals surface area contributed by atoms with Crippen LogP contribution >= 0.6 is 0 Å². The number of carboxylic acid groups (broad SMARTS) is 1. The number of hydrogen-bond acceptors (Lipinski definition) is 4. The summed E-state index contributed by atoms with van der Waals surface area (Å²) in [4.78, 5) is 24.7. The smallest absolute Gasteiger partial charge is 0.416 e. The Balaban J connectivity index is 1.83. The van der Waals surface area contributed by atoms with Crippen LogP contribution in [-0.4, -0.2) is 37.2 Å². The molecule has 0 radical (unpaired) electrons. The van der Waals surface area contributed by atoms with Gasteiger partial charge in [0.2, 0.25) is 5.91 Å². The molecule has 3 atom stereocenters. The molecular weight excluding hydrogens is 420 g/mol.